The highest BCUT2D eigenvalue weighted by atomic mass is 15.2. The van der Waals surface area contributed by atoms with Gasteiger partial charge >= 0.3 is 0 Å². The molecule has 94 valence electrons. The maximum absolute atomic E-state index is 3.74. The fourth-order valence-corrected chi connectivity index (χ4v) is 3.42. The van der Waals surface area contributed by atoms with Crippen molar-refractivity contribution in [3.8, 4) is 0 Å². The van der Waals surface area contributed by atoms with E-state index in [1.807, 2.05) is 0 Å². The van der Waals surface area contributed by atoms with Crippen LogP contribution in [0.15, 0.2) is 0 Å². The number of nitrogens with zero attached hydrogens (tertiary/aromatic N) is 1. The summed E-state index contributed by atoms with van der Waals surface area (Å²) in [6, 6.07) is 1.63. The molecule has 2 aliphatic rings. The molecule has 1 saturated carbocycles. The number of likely N-dealkylation sites (tertiary alicyclic amines) is 1. The Balaban J connectivity index is 1.60. The summed E-state index contributed by atoms with van der Waals surface area (Å²) >= 11 is 0. The van der Waals surface area contributed by atoms with Crippen molar-refractivity contribution in [3.05, 3.63) is 0 Å². The van der Waals surface area contributed by atoms with Gasteiger partial charge in [0.15, 0.2) is 0 Å². The Labute approximate surface area is 101 Å². The van der Waals surface area contributed by atoms with E-state index in [0.29, 0.717) is 0 Å². The quantitative estimate of drug-likeness (QED) is 0.790. The lowest BCUT2D eigenvalue weighted by molar-refractivity contribution is 0.254. The normalized spacial score (nSPS) is 33.4. The van der Waals surface area contributed by atoms with Crippen molar-refractivity contribution in [1.82, 2.24) is 10.2 Å². The van der Waals surface area contributed by atoms with Crippen molar-refractivity contribution < 1.29 is 0 Å². The van der Waals surface area contributed by atoms with Gasteiger partial charge in [-0.15, -0.1) is 0 Å². The Bertz CT molecular complexity index is 199. The Hall–Kier alpha value is -0.0800. The minimum atomic E-state index is 0.808. The number of hydrogen-bond donors (Lipinski definition) is 1. The van der Waals surface area contributed by atoms with E-state index in [9.17, 15) is 0 Å². The first kappa shape index (κ1) is 12.4. The standard InChI is InChI=1S/C14H28N2/c1-12-10-13(2)16(11-12)9-8-15-14-6-4-3-5-7-14/h12-15H,3-11H2,1-2H3. The Kier molecular flexibility index (Phi) is 4.66. The number of hydrogen-bond acceptors (Lipinski definition) is 2. The van der Waals surface area contributed by atoms with E-state index < -0.39 is 0 Å². The molecule has 2 unspecified atom stereocenters. The van der Waals surface area contributed by atoms with Gasteiger partial charge in [0.05, 0.1) is 0 Å². The highest BCUT2D eigenvalue weighted by Gasteiger charge is 2.25. The first-order chi connectivity index (χ1) is 7.75. The predicted molar refractivity (Wildman–Crippen MR) is 69.7 cm³/mol. The predicted octanol–water partition coefficient (Wildman–Crippen LogP) is 2.64. The average Bonchev–Trinajstić information content (AvgIpc) is 2.59. The minimum Gasteiger partial charge on any atom is -0.313 e. The van der Waals surface area contributed by atoms with Gasteiger partial charge in [-0.25, -0.2) is 0 Å². The van der Waals surface area contributed by atoms with Gasteiger partial charge < -0.3 is 5.32 Å². The molecule has 2 heteroatoms. The molecule has 16 heavy (non-hydrogen) atoms. The third-order valence-electron chi connectivity index (χ3n) is 4.35. The lowest BCUT2D eigenvalue weighted by Crippen LogP contribution is -2.39. The van der Waals surface area contributed by atoms with Crippen LogP contribution in [-0.4, -0.2) is 36.6 Å². The molecular formula is C14H28N2. The zero-order valence-electron chi connectivity index (χ0n) is 11.0. The summed E-state index contributed by atoms with van der Waals surface area (Å²) < 4.78 is 0. The summed E-state index contributed by atoms with van der Waals surface area (Å²) in [5.74, 6) is 0.907. The maximum atomic E-state index is 3.74. The molecular weight excluding hydrogens is 196 g/mol. The second-order valence-electron chi connectivity index (χ2n) is 5.97. The third kappa shape index (κ3) is 3.46. The lowest BCUT2D eigenvalue weighted by Gasteiger charge is -2.26. The topological polar surface area (TPSA) is 15.3 Å². The molecule has 1 aliphatic heterocycles. The SMILES string of the molecule is CC1CC(C)N(CCNC2CCCCC2)C1. The smallest absolute Gasteiger partial charge is 0.0110 e. The molecule has 0 spiro atoms. The van der Waals surface area contributed by atoms with Crippen molar-refractivity contribution in [2.24, 2.45) is 5.92 Å². The van der Waals surface area contributed by atoms with Crippen LogP contribution in [0.5, 0.6) is 0 Å². The zero-order valence-corrected chi connectivity index (χ0v) is 11.0. The van der Waals surface area contributed by atoms with Crippen LogP contribution in [-0.2, 0) is 0 Å². The van der Waals surface area contributed by atoms with E-state index in [0.717, 1.165) is 18.0 Å². The number of nitrogens with one attached hydrogen (secondary N) is 1. The van der Waals surface area contributed by atoms with Crippen molar-refractivity contribution in [3.63, 3.8) is 0 Å². The minimum absolute atomic E-state index is 0.808. The average molecular weight is 224 g/mol. The van der Waals surface area contributed by atoms with Crippen LogP contribution in [0.25, 0.3) is 0 Å². The molecule has 0 radical (unpaired) electrons. The van der Waals surface area contributed by atoms with Gasteiger partial charge in [0.2, 0.25) is 0 Å². The van der Waals surface area contributed by atoms with Gasteiger partial charge in [0, 0.05) is 31.7 Å². The van der Waals surface area contributed by atoms with E-state index in [4.69, 9.17) is 0 Å². The van der Waals surface area contributed by atoms with E-state index in [-0.39, 0.29) is 0 Å². The maximum Gasteiger partial charge on any atom is 0.0110 e. The van der Waals surface area contributed by atoms with E-state index in [2.05, 4.69) is 24.1 Å². The van der Waals surface area contributed by atoms with Crippen molar-refractivity contribution in [2.45, 2.75) is 64.5 Å². The molecule has 2 atom stereocenters. The van der Waals surface area contributed by atoms with E-state index >= 15 is 0 Å². The van der Waals surface area contributed by atoms with Crippen LogP contribution in [0.2, 0.25) is 0 Å². The van der Waals surface area contributed by atoms with Crippen LogP contribution in [0.4, 0.5) is 0 Å². The summed E-state index contributed by atoms with van der Waals surface area (Å²) in [5.41, 5.74) is 0. The van der Waals surface area contributed by atoms with Gasteiger partial charge in [0.1, 0.15) is 0 Å². The van der Waals surface area contributed by atoms with Crippen molar-refractivity contribution >= 4 is 0 Å². The second kappa shape index (κ2) is 6.02. The molecule has 0 bridgehead atoms. The number of rotatable bonds is 4. The monoisotopic (exact) mass is 224 g/mol. The van der Waals surface area contributed by atoms with Gasteiger partial charge in [-0.1, -0.05) is 26.2 Å². The van der Waals surface area contributed by atoms with Gasteiger partial charge in [-0.3, -0.25) is 4.90 Å². The Morgan fingerprint density at radius 2 is 1.88 bits per heavy atom. The first-order valence-electron chi connectivity index (χ1n) is 7.23. The van der Waals surface area contributed by atoms with Gasteiger partial charge in [-0.2, -0.15) is 0 Å². The largest absolute Gasteiger partial charge is 0.313 e. The molecule has 2 nitrogen and oxygen atoms in total. The van der Waals surface area contributed by atoms with Crippen LogP contribution in [0, 0.1) is 5.92 Å². The molecule has 0 aromatic heterocycles. The molecule has 2 fully saturated rings. The summed E-state index contributed by atoms with van der Waals surface area (Å²) in [7, 11) is 0. The molecule has 0 aromatic rings. The van der Waals surface area contributed by atoms with E-state index in [1.54, 1.807) is 0 Å². The third-order valence-corrected chi connectivity index (χ3v) is 4.35. The molecule has 1 N–H and O–H groups in total. The molecule has 2 rings (SSSR count). The molecule has 1 aliphatic carbocycles. The molecule has 1 heterocycles. The van der Waals surface area contributed by atoms with Crippen molar-refractivity contribution in [1.29, 1.82) is 0 Å². The second-order valence-corrected chi connectivity index (χ2v) is 5.97. The summed E-state index contributed by atoms with van der Waals surface area (Å²) in [4.78, 5) is 2.65. The lowest BCUT2D eigenvalue weighted by atomic mass is 9.95. The summed E-state index contributed by atoms with van der Waals surface area (Å²) in [6.45, 7) is 8.52. The zero-order chi connectivity index (χ0) is 11.4. The summed E-state index contributed by atoms with van der Waals surface area (Å²) in [6.07, 6.45) is 8.55. The van der Waals surface area contributed by atoms with Crippen molar-refractivity contribution in [2.75, 3.05) is 19.6 Å². The Morgan fingerprint density at radius 1 is 1.12 bits per heavy atom. The fraction of sp³-hybridized carbons (Fsp3) is 1.00. The fourth-order valence-electron chi connectivity index (χ4n) is 3.42. The van der Waals surface area contributed by atoms with Gasteiger partial charge in [0.25, 0.3) is 0 Å². The highest BCUT2D eigenvalue weighted by Crippen LogP contribution is 2.21. The highest BCUT2D eigenvalue weighted by molar-refractivity contribution is 4.81. The van der Waals surface area contributed by atoms with Gasteiger partial charge in [-0.05, 0) is 32.1 Å². The van der Waals surface area contributed by atoms with Crippen LogP contribution in [0.1, 0.15) is 52.4 Å². The van der Waals surface area contributed by atoms with E-state index in [1.165, 1.54) is 58.2 Å². The summed E-state index contributed by atoms with van der Waals surface area (Å²) in [5, 5.41) is 3.74. The van der Waals surface area contributed by atoms with Crippen LogP contribution in [0.3, 0.4) is 0 Å². The van der Waals surface area contributed by atoms with Crippen LogP contribution < -0.4 is 5.32 Å². The molecule has 0 amide bonds. The molecule has 0 aromatic carbocycles. The Morgan fingerprint density at radius 3 is 2.50 bits per heavy atom. The van der Waals surface area contributed by atoms with Crippen LogP contribution >= 0.6 is 0 Å². The molecule has 1 saturated heterocycles. The first-order valence-corrected chi connectivity index (χ1v) is 7.23.